The van der Waals surface area contributed by atoms with Crippen LogP contribution in [-0.2, 0) is 4.79 Å². The van der Waals surface area contributed by atoms with Crippen LogP contribution < -0.4 is 0 Å². The van der Waals surface area contributed by atoms with Gasteiger partial charge < -0.3 is 5.11 Å². The van der Waals surface area contributed by atoms with Crippen LogP contribution in [0, 0.1) is 0 Å². The zero-order chi connectivity index (χ0) is 10.0. The Bertz CT molecular complexity index is 359. The van der Waals surface area contributed by atoms with Gasteiger partial charge in [0.05, 0.1) is 11.1 Å². The maximum atomic E-state index is 10.5. The van der Waals surface area contributed by atoms with Gasteiger partial charge >= 0.3 is 5.97 Å². The zero-order valence-electron chi connectivity index (χ0n) is 6.29. The Hall–Kier alpha value is -1.13. The van der Waals surface area contributed by atoms with Gasteiger partial charge in [-0.2, -0.15) is 0 Å². The van der Waals surface area contributed by atoms with Crippen molar-refractivity contribution in [3.05, 3.63) is 28.8 Å². The molecule has 13 heavy (non-hydrogen) atoms. The van der Waals surface area contributed by atoms with Crippen LogP contribution in [0.5, 0.6) is 0 Å². The SMILES string of the molecule is C=C(C(=O)O)c1c(Cl)ncnc1Cl. The molecule has 0 radical (unpaired) electrons. The quantitative estimate of drug-likeness (QED) is 0.609. The maximum Gasteiger partial charge on any atom is 0.335 e. The fourth-order valence-corrected chi connectivity index (χ4v) is 1.24. The van der Waals surface area contributed by atoms with Crippen molar-refractivity contribution in [1.29, 1.82) is 0 Å². The normalized spacial score (nSPS) is 9.69. The summed E-state index contributed by atoms with van der Waals surface area (Å²) in [6, 6.07) is 0. The summed E-state index contributed by atoms with van der Waals surface area (Å²) in [5.41, 5.74) is -0.172. The second-order valence-corrected chi connectivity index (χ2v) is 2.83. The van der Waals surface area contributed by atoms with E-state index in [-0.39, 0.29) is 21.4 Å². The van der Waals surface area contributed by atoms with Crippen molar-refractivity contribution in [2.75, 3.05) is 0 Å². The maximum absolute atomic E-state index is 10.5. The first-order chi connectivity index (χ1) is 6.04. The molecule has 68 valence electrons. The van der Waals surface area contributed by atoms with Crippen LogP contribution >= 0.6 is 23.2 Å². The van der Waals surface area contributed by atoms with Gasteiger partial charge in [0.15, 0.2) is 0 Å². The van der Waals surface area contributed by atoms with Gasteiger partial charge in [-0.25, -0.2) is 14.8 Å². The van der Waals surface area contributed by atoms with Crippen LogP contribution in [-0.4, -0.2) is 21.0 Å². The molecule has 1 aromatic heterocycles. The molecule has 1 aromatic rings. The predicted octanol–water partition coefficient (Wildman–Crippen LogP) is 1.88. The molecule has 1 rings (SSSR count). The van der Waals surface area contributed by atoms with Gasteiger partial charge in [-0.1, -0.05) is 29.8 Å². The second kappa shape index (κ2) is 3.72. The minimum Gasteiger partial charge on any atom is -0.478 e. The topological polar surface area (TPSA) is 63.1 Å². The Labute approximate surface area is 83.8 Å². The molecule has 0 aliphatic heterocycles. The summed E-state index contributed by atoms with van der Waals surface area (Å²) in [6.45, 7) is 3.30. The first-order valence-corrected chi connectivity index (χ1v) is 3.88. The van der Waals surface area contributed by atoms with Crippen LogP contribution in [0.2, 0.25) is 10.3 Å². The van der Waals surface area contributed by atoms with E-state index in [1.165, 1.54) is 0 Å². The Balaban J connectivity index is 3.28. The molecule has 1 N–H and O–H groups in total. The standard InChI is InChI=1S/C7H4Cl2N2O2/c1-3(7(12)13)4-5(8)10-2-11-6(4)9/h2H,1H2,(H,12,13). The Morgan fingerprint density at radius 1 is 1.38 bits per heavy atom. The minimum absolute atomic E-state index is 0.0209. The van der Waals surface area contributed by atoms with Crippen molar-refractivity contribution in [2.24, 2.45) is 0 Å². The molecule has 0 saturated carbocycles. The lowest BCUT2D eigenvalue weighted by Gasteiger charge is -2.03. The van der Waals surface area contributed by atoms with E-state index in [4.69, 9.17) is 28.3 Å². The highest BCUT2D eigenvalue weighted by Crippen LogP contribution is 2.26. The molecule has 1 heterocycles. The van der Waals surface area contributed by atoms with Crippen LogP contribution in [0.4, 0.5) is 0 Å². The van der Waals surface area contributed by atoms with Gasteiger partial charge in [0.1, 0.15) is 16.6 Å². The first kappa shape index (κ1) is 9.95. The van der Waals surface area contributed by atoms with Crippen LogP contribution in [0.3, 0.4) is 0 Å². The van der Waals surface area contributed by atoms with E-state index in [1.54, 1.807) is 0 Å². The van der Waals surface area contributed by atoms with Gasteiger partial charge in [-0.05, 0) is 0 Å². The smallest absolute Gasteiger partial charge is 0.335 e. The minimum atomic E-state index is -1.21. The summed E-state index contributed by atoms with van der Waals surface area (Å²) >= 11 is 11.2. The van der Waals surface area contributed by atoms with Crippen molar-refractivity contribution in [2.45, 2.75) is 0 Å². The number of hydrogen-bond donors (Lipinski definition) is 1. The lowest BCUT2D eigenvalue weighted by molar-refractivity contribution is -0.130. The Morgan fingerprint density at radius 3 is 2.23 bits per heavy atom. The van der Waals surface area contributed by atoms with E-state index in [0.29, 0.717) is 0 Å². The van der Waals surface area contributed by atoms with Crippen molar-refractivity contribution in [3.8, 4) is 0 Å². The van der Waals surface area contributed by atoms with E-state index < -0.39 is 5.97 Å². The van der Waals surface area contributed by atoms with Crippen molar-refractivity contribution in [1.82, 2.24) is 9.97 Å². The molecule has 0 spiro atoms. The Morgan fingerprint density at radius 2 is 1.85 bits per heavy atom. The molecule has 0 aliphatic carbocycles. The molecule has 0 aliphatic rings. The third-order valence-corrected chi connectivity index (χ3v) is 1.89. The highest BCUT2D eigenvalue weighted by atomic mass is 35.5. The largest absolute Gasteiger partial charge is 0.478 e. The highest BCUT2D eigenvalue weighted by Gasteiger charge is 2.16. The van der Waals surface area contributed by atoms with Gasteiger partial charge in [0.25, 0.3) is 0 Å². The fourth-order valence-electron chi connectivity index (χ4n) is 0.700. The summed E-state index contributed by atoms with van der Waals surface area (Å²) in [5.74, 6) is -1.21. The lowest BCUT2D eigenvalue weighted by atomic mass is 10.2. The van der Waals surface area contributed by atoms with Gasteiger partial charge in [0.2, 0.25) is 0 Å². The number of carboxylic acid groups (broad SMARTS) is 1. The molecule has 4 nitrogen and oxygen atoms in total. The Kier molecular flexibility index (Phi) is 2.85. The molecule has 0 saturated heterocycles. The van der Waals surface area contributed by atoms with Crippen LogP contribution in [0.1, 0.15) is 5.56 Å². The summed E-state index contributed by atoms with van der Waals surface area (Å²) in [5, 5.41) is 8.57. The third-order valence-electron chi connectivity index (χ3n) is 1.31. The molecule has 0 bridgehead atoms. The van der Waals surface area contributed by atoms with Crippen molar-refractivity contribution < 1.29 is 9.90 Å². The van der Waals surface area contributed by atoms with E-state index >= 15 is 0 Å². The van der Waals surface area contributed by atoms with E-state index in [1.807, 2.05) is 0 Å². The van der Waals surface area contributed by atoms with Crippen LogP contribution in [0.15, 0.2) is 12.9 Å². The molecule has 0 unspecified atom stereocenters. The van der Waals surface area contributed by atoms with Gasteiger partial charge in [0, 0.05) is 0 Å². The summed E-state index contributed by atoms with van der Waals surface area (Å²) in [7, 11) is 0. The number of hydrogen-bond acceptors (Lipinski definition) is 3. The van der Waals surface area contributed by atoms with E-state index in [2.05, 4.69) is 16.5 Å². The number of rotatable bonds is 2. The van der Waals surface area contributed by atoms with Gasteiger partial charge in [-0.3, -0.25) is 0 Å². The number of carbonyl (C=O) groups is 1. The van der Waals surface area contributed by atoms with Gasteiger partial charge in [-0.15, -0.1) is 0 Å². The number of nitrogens with zero attached hydrogens (tertiary/aromatic N) is 2. The molecule has 0 amide bonds. The first-order valence-electron chi connectivity index (χ1n) is 3.12. The highest BCUT2D eigenvalue weighted by molar-refractivity contribution is 6.38. The second-order valence-electron chi connectivity index (χ2n) is 2.11. The molecule has 0 atom stereocenters. The summed E-state index contributed by atoms with van der Waals surface area (Å²) < 4.78 is 0. The van der Waals surface area contributed by atoms with E-state index in [0.717, 1.165) is 6.33 Å². The number of aliphatic carboxylic acids is 1. The third kappa shape index (κ3) is 1.96. The molecular formula is C7H4Cl2N2O2. The average molecular weight is 219 g/mol. The molecule has 6 heteroatoms. The average Bonchev–Trinajstić information content (AvgIpc) is 2.03. The lowest BCUT2D eigenvalue weighted by Crippen LogP contribution is -2.01. The zero-order valence-corrected chi connectivity index (χ0v) is 7.80. The molecule has 0 fully saturated rings. The van der Waals surface area contributed by atoms with Crippen molar-refractivity contribution in [3.63, 3.8) is 0 Å². The number of halogens is 2. The molecule has 0 aromatic carbocycles. The van der Waals surface area contributed by atoms with Crippen molar-refractivity contribution >= 4 is 34.7 Å². The molecular weight excluding hydrogens is 215 g/mol. The fraction of sp³-hybridized carbons (Fsp3) is 0. The summed E-state index contributed by atoms with van der Waals surface area (Å²) in [4.78, 5) is 17.7. The summed E-state index contributed by atoms with van der Waals surface area (Å²) in [6.07, 6.45) is 1.14. The predicted molar refractivity (Wildman–Crippen MR) is 48.7 cm³/mol. The van der Waals surface area contributed by atoms with E-state index in [9.17, 15) is 4.79 Å². The number of aromatic nitrogens is 2. The van der Waals surface area contributed by atoms with Crippen LogP contribution in [0.25, 0.3) is 5.57 Å². The monoisotopic (exact) mass is 218 g/mol. The number of carboxylic acids is 1.